The number of nitrogens with zero attached hydrogens (tertiary/aromatic N) is 6. The van der Waals surface area contributed by atoms with Crippen molar-refractivity contribution in [3.8, 4) is 18.1 Å². The van der Waals surface area contributed by atoms with E-state index in [-0.39, 0.29) is 56.7 Å². The first-order valence-electron chi connectivity index (χ1n) is 15.4. The van der Waals surface area contributed by atoms with Crippen LogP contribution in [0.2, 0.25) is 0 Å². The molecule has 0 bridgehead atoms. The zero-order chi connectivity index (χ0) is 32.0. The fraction of sp³-hybridized carbons (Fsp3) is 0.353. The SMILES string of the molecule is C#CCN1CC(=O)N2[C@@H](Cc3ccc(O)cc3)C(=O)N(Cc3cccc(N4CCOCC4)n3)C[C@@H]2N1C(=O)NCc1ccccc1. The molecule has 0 saturated carbocycles. The van der Waals surface area contributed by atoms with Gasteiger partial charge in [0.25, 0.3) is 0 Å². The lowest BCUT2D eigenvalue weighted by Gasteiger charge is -2.54. The van der Waals surface area contributed by atoms with Gasteiger partial charge in [0.1, 0.15) is 23.8 Å². The number of terminal acetylenes is 1. The molecule has 2 aromatic carbocycles. The number of urea groups is 1. The molecule has 1 aromatic heterocycles. The van der Waals surface area contributed by atoms with Crippen molar-refractivity contribution in [2.45, 2.75) is 31.7 Å². The Morgan fingerprint density at radius 2 is 1.76 bits per heavy atom. The molecule has 4 amide bonds. The van der Waals surface area contributed by atoms with Crippen molar-refractivity contribution in [3.05, 3.63) is 89.6 Å². The zero-order valence-electron chi connectivity index (χ0n) is 25.5. The van der Waals surface area contributed by atoms with Crippen molar-refractivity contribution in [1.82, 2.24) is 30.1 Å². The molecule has 2 atom stereocenters. The van der Waals surface area contributed by atoms with Crippen LogP contribution < -0.4 is 10.2 Å². The zero-order valence-corrected chi connectivity index (χ0v) is 25.5. The lowest BCUT2D eigenvalue weighted by molar-refractivity contribution is -0.189. The number of phenolic OH excluding ortho intramolecular Hbond substituents is 1. The van der Waals surface area contributed by atoms with Crippen LogP contribution in [0.4, 0.5) is 10.6 Å². The second-order valence-electron chi connectivity index (χ2n) is 11.5. The lowest BCUT2D eigenvalue weighted by Crippen LogP contribution is -2.76. The number of fused-ring (bicyclic) bond motifs is 1. The molecule has 3 aliphatic heterocycles. The first-order valence-corrected chi connectivity index (χ1v) is 15.4. The van der Waals surface area contributed by atoms with E-state index in [2.05, 4.69) is 16.1 Å². The quantitative estimate of drug-likeness (QED) is 0.365. The summed E-state index contributed by atoms with van der Waals surface area (Å²) in [5.74, 6) is 2.94. The number of hydrogen-bond donors (Lipinski definition) is 2. The van der Waals surface area contributed by atoms with E-state index in [0.29, 0.717) is 18.9 Å². The Bertz CT molecular complexity index is 1590. The summed E-state index contributed by atoms with van der Waals surface area (Å²) in [7, 11) is 0. The number of rotatable bonds is 8. The van der Waals surface area contributed by atoms with Gasteiger partial charge in [0.05, 0.1) is 45.1 Å². The highest BCUT2D eigenvalue weighted by Crippen LogP contribution is 2.29. The van der Waals surface area contributed by atoms with E-state index in [9.17, 15) is 19.5 Å². The maximum Gasteiger partial charge on any atom is 0.334 e. The van der Waals surface area contributed by atoms with E-state index < -0.39 is 18.2 Å². The normalized spacial score (nSPS) is 20.3. The van der Waals surface area contributed by atoms with E-state index in [1.165, 1.54) is 9.91 Å². The Labute approximate surface area is 268 Å². The summed E-state index contributed by atoms with van der Waals surface area (Å²) in [5.41, 5.74) is 2.38. The van der Waals surface area contributed by atoms with Crippen molar-refractivity contribution in [3.63, 3.8) is 0 Å². The number of ether oxygens (including phenoxy) is 1. The number of aromatic hydroxyl groups is 1. The maximum atomic E-state index is 14.2. The summed E-state index contributed by atoms with van der Waals surface area (Å²) in [6.07, 6.45) is 5.08. The van der Waals surface area contributed by atoms with Crippen molar-refractivity contribution in [2.75, 3.05) is 50.8 Å². The molecule has 2 N–H and O–H groups in total. The number of piperazine rings is 1. The molecule has 46 heavy (non-hydrogen) atoms. The predicted octanol–water partition coefficient (Wildman–Crippen LogP) is 1.81. The van der Waals surface area contributed by atoms with Crippen LogP contribution in [0.15, 0.2) is 72.8 Å². The number of anilines is 1. The Hall–Kier alpha value is -5.12. The van der Waals surface area contributed by atoms with Crippen LogP contribution in [0, 0.1) is 12.3 Å². The molecule has 3 aliphatic rings. The third-order valence-corrected chi connectivity index (χ3v) is 8.44. The number of hydrogen-bond acceptors (Lipinski definition) is 8. The number of carbonyl (C=O) groups excluding carboxylic acids is 3. The fourth-order valence-electron chi connectivity index (χ4n) is 6.21. The summed E-state index contributed by atoms with van der Waals surface area (Å²) in [4.78, 5) is 52.1. The van der Waals surface area contributed by atoms with Gasteiger partial charge >= 0.3 is 6.03 Å². The van der Waals surface area contributed by atoms with Gasteiger partial charge in [-0.1, -0.05) is 54.5 Å². The molecule has 4 heterocycles. The Morgan fingerprint density at radius 3 is 2.50 bits per heavy atom. The third-order valence-electron chi connectivity index (χ3n) is 8.44. The Kier molecular flexibility index (Phi) is 9.33. The largest absolute Gasteiger partial charge is 0.508 e. The average molecular weight is 624 g/mol. The van der Waals surface area contributed by atoms with Crippen LogP contribution >= 0.6 is 0 Å². The Balaban J connectivity index is 1.32. The molecule has 3 aromatic rings. The van der Waals surface area contributed by atoms with Crippen LogP contribution in [-0.2, 0) is 33.8 Å². The molecular formula is C34H37N7O5. The van der Waals surface area contributed by atoms with Gasteiger partial charge in [0, 0.05) is 26.1 Å². The number of nitrogens with one attached hydrogen (secondary N) is 1. The van der Waals surface area contributed by atoms with Gasteiger partial charge in [0.15, 0.2) is 0 Å². The fourth-order valence-corrected chi connectivity index (χ4v) is 6.21. The number of carbonyl (C=O) groups is 3. The maximum absolute atomic E-state index is 14.2. The monoisotopic (exact) mass is 623 g/mol. The van der Waals surface area contributed by atoms with E-state index in [1.54, 1.807) is 34.2 Å². The van der Waals surface area contributed by atoms with E-state index in [1.807, 2.05) is 48.5 Å². The highest BCUT2D eigenvalue weighted by Gasteiger charge is 2.51. The summed E-state index contributed by atoms with van der Waals surface area (Å²) in [5, 5.41) is 15.9. The molecule has 12 nitrogen and oxygen atoms in total. The van der Waals surface area contributed by atoms with Gasteiger partial charge in [-0.2, -0.15) is 5.01 Å². The smallest absolute Gasteiger partial charge is 0.334 e. The first-order chi connectivity index (χ1) is 22.4. The molecule has 12 heteroatoms. The van der Waals surface area contributed by atoms with Crippen molar-refractivity contribution in [1.29, 1.82) is 0 Å². The molecule has 0 aliphatic carbocycles. The number of hydrazine groups is 1. The molecule has 3 fully saturated rings. The number of morpholine rings is 1. The van der Waals surface area contributed by atoms with Gasteiger partial charge in [0.2, 0.25) is 11.8 Å². The number of phenols is 1. The summed E-state index contributed by atoms with van der Waals surface area (Å²) < 4.78 is 5.49. The van der Waals surface area contributed by atoms with Crippen LogP contribution in [0.25, 0.3) is 0 Å². The summed E-state index contributed by atoms with van der Waals surface area (Å²) in [6, 6.07) is 20.5. The van der Waals surface area contributed by atoms with Crippen molar-refractivity contribution >= 4 is 23.7 Å². The number of amides is 4. The van der Waals surface area contributed by atoms with E-state index in [4.69, 9.17) is 16.1 Å². The van der Waals surface area contributed by atoms with Crippen LogP contribution in [0.5, 0.6) is 5.75 Å². The minimum Gasteiger partial charge on any atom is -0.508 e. The highest BCUT2D eigenvalue weighted by atomic mass is 16.5. The third kappa shape index (κ3) is 6.75. The van der Waals surface area contributed by atoms with E-state index in [0.717, 1.165) is 30.0 Å². The topological polar surface area (TPSA) is 122 Å². The van der Waals surface area contributed by atoms with Gasteiger partial charge in [-0.25, -0.2) is 14.8 Å². The minimum absolute atomic E-state index is 0.0363. The predicted molar refractivity (Wildman–Crippen MR) is 170 cm³/mol. The lowest BCUT2D eigenvalue weighted by atomic mass is 9.98. The second kappa shape index (κ2) is 13.9. The standard InChI is InChI=1S/C34H37N7O5/c1-2-15-39-24-32(43)40-29(20-25-11-13-28(42)14-12-25)33(44)38(22-27-9-6-10-30(36-27)37-16-18-46-19-17-37)23-31(40)41(39)34(45)35-21-26-7-4-3-5-8-26/h1,3-14,29,31,42H,15-24H2,(H,35,45)/t29-,31-/m0/s1. The summed E-state index contributed by atoms with van der Waals surface area (Å²) >= 11 is 0. The summed E-state index contributed by atoms with van der Waals surface area (Å²) in [6.45, 7) is 3.12. The molecule has 0 spiro atoms. The highest BCUT2D eigenvalue weighted by molar-refractivity contribution is 5.91. The van der Waals surface area contributed by atoms with Crippen LogP contribution in [-0.4, -0.2) is 106 Å². The van der Waals surface area contributed by atoms with Gasteiger partial charge in [-0.15, -0.1) is 6.42 Å². The second-order valence-corrected chi connectivity index (χ2v) is 11.5. The average Bonchev–Trinajstić information content (AvgIpc) is 3.07. The molecular weight excluding hydrogens is 586 g/mol. The molecule has 6 rings (SSSR count). The van der Waals surface area contributed by atoms with Crippen LogP contribution in [0.3, 0.4) is 0 Å². The van der Waals surface area contributed by atoms with Crippen LogP contribution in [0.1, 0.15) is 16.8 Å². The molecule has 0 radical (unpaired) electrons. The van der Waals surface area contributed by atoms with Gasteiger partial charge < -0.3 is 29.9 Å². The molecule has 0 unspecified atom stereocenters. The molecule has 3 saturated heterocycles. The Morgan fingerprint density at radius 1 is 1.00 bits per heavy atom. The first kappa shape index (κ1) is 30.9. The van der Waals surface area contributed by atoms with Crippen molar-refractivity contribution < 1.29 is 24.2 Å². The number of aromatic nitrogens is 1. The van der Waals surface area contributed by atoms with Crippen molar-refractivity contribution in [2.24, 2.45) is 0 Å². The molecule has 238 valence electrons. The number of pyridine rings is 1. The number of benzene rings is 2. The van der Waals surface area contributed by atoms with E-state index >= 15 is 0 Å². The van der Waals surface area contributed by atoms with Gasteiger partial charge in [-0.3, -0.25) is 9.59 Å². The minimum atomic E-state index is -0.893. The van der Waals surface area contributed by atoms with Gasteiger partial charge in [-0.05, 0) is 35.4 Å².